The van der Waals surface area contributed by atoms with Crippen LogP contribution in [0, 0.1) is 13.8 Å². The zero-order valence-corrected chi connectivity index (χ0v) is 26.1. The van der Waals surface area contributed by atoms with E-state index in [1.54, 1.807) is 18.3 Å². The van der Waals surface area contributed by atoms with Crippen molar-refractivity contribution in [1.29, 1.82) is 0 Å². The van der Waals surface area contributed by atoms with E-state index >= 15 is 0 Å². The van der Waals surface area contributed by atoms with E-state index in [2.05, 4.69) is 40.0 Å². The summed E-state index contributed by atoms with van der Waals surface area (Å²) in [6, 6.07) is 7.46. The molecule has 0 aliphatic carbocycles. The third-order valence-electron chi connectivity index (χ3n) is 8.04. The Bertz CT molecular complexity index is 1380. The molecule has 0 atom stereocenters. The summed E-state index contributed by atoms with van der Waals surface area (Å²) in [5.41, 5.74) is 6.05. The summed E-state index contributed by atoms with van der Waals surface area (Å²) in [7, 11) is 0. The number of hydrogen-bond acceptors (Lipinski definition) is 10. The Labute approximate surface area is 260 Å². The van der Waals surface area contributed by atoms with E-state index in [1.165, 1.54) is 0 Å². The Morgan fingerprint density at radius 2 is 1.30 bits per heavy atom. The van der Waals surface area contributed by atoms with Crippen molar-refractivity contribution >= 4 is 29.4 Å². The molecule has 10 heteroatoms. The van der Waals surface area contributed by atoms with Crippen molar-refractivity contribution in [1.82, 2.24) is 14.8 Å². The number of nitrogens with zero attached hydrogens (tertiary/aromatic N) is 4. The number of hydrogen-bond donors (Lipinski definition) is 2. The number of pyridine rings is 1. The SMILES string of the molecule is C=Cc1c(C)c(CN2CCOCCOCCN(Cc3cc(O)c4ncccc4c3C)CCOCCOCC2)cc(O)c1N=C. The summed E-state index contributed by atoms with van der Waals surface area (Å²) in [6.07, 6.45) is 3.41. The van der Waals surface area contributed by atoms with E-state index in [0.29, 0.717) is 90.2 Å². The highest BCUT2D eigenvalue weighted by molar-refractivity contribution is 5.88. The molecule has 2 heterocycles. The molecule has 0 radical (unpaired) electrons. The molecule has 0 amide bonds. The van der Waals surface area contributed by atoms with Crippen LogP contribution in [0.25, 0.3) is 17.0 Å². The molecule has 1 aliphatic rings. The average molecular weight is 607 g/mol. The maximum atomic E-state index is 10.6. The third-order valence-corrected chi connectivity index (χ3v) is 8.04. The van der Waals surface area contributed by atoms with Crippen molar-refractivity contribution < 1.29 is 29.2 Å². The lowest BCUT2D eigenvalue weighted by atomic mass is 9.99. The monoisotopic (exact) mass is 606 g/mol. The smallest absolute Gasteiger partial charge is 0.142 e. The minimum Gasteiger partial charge on any atom is -0.506 e. The van der Waals surface area contributed by atoms with Gasteiger partial charge in [-0.25, -0.2) is 0 Å². The molecule has 0 spiro atoms. The molecular weight excluding hydrogens is 560 g/mol. The van der Waals surface area contributed by atoms with Crippen molar-refractivity contribution in [3.8, 4) is 11.5 Å². The van der Waals surface area contributed by atoms with E-state index in [4.69, 9.17) is 18.9 Å². The molecule has 1 saturated heterocycles. The van der Waals surface area contributed by atoms with Gasteiger partial charge in [0.1, 0.15) is 22.7 Å². The van der Waals surface area contributed by atoms with Crippen LogP contribution in [0.5, 0.6) is 11.5 Å². The van der Waals surface area contributed by atoms with Gasteiger partial charge in [-0.2, -0.15) is 0 Å². The summed E-state index contributed by atoms with van der Waals surface area (Å²) >= 11 is 0. The number of phenols is 2. The normalized spacial score (nSPS) is 17.6. The topological polar surface area (TPSA) is 109 Å². The second-order valence-electron chi connectivity index (χ2n) is 10.9. The number of aromatic nitrogens is 1. The van der Waals surface area contributed by atoms with Crippen LogP contribution in [-0.2, 0) is 32.0 Å². The van der Waals surface area contributed by atoms with Gasteiger partial charge in [-0.15, -0.1) is 0 Å². The van der Waals surface area contributed by atoms with Gasteiger partial charge >= 0.3 is 0 Å². The lowest BCUT2D eigenvalue weighted by molar-refractivity contribution is 0.00620. The Kier molecular flexibility index (Phi) is 13.1. The summed E-state index contributed by atoms with van der Waals surface area (Å²) < 4.78 is 23.7. The maximum absolute atomic E-state index is 10.6. The first-order valence-corrected chi connectivity index (χ1v) is 15.2. The molecule has 1 fully saturated rings. The van der Waals surface area contributed by atoms with E-state index in [0.717, 1.165) is 46.3 Å². The standard InChI is InChI=1S/C34H46N4O6/c1-5-29-25(2)27(21-31(39)33(29)35-4)23-37-9-13-41-17-19-43-15-11-38(12-16-44-20-18-42-14-10-37)24-28-22-32(40)34-30(26(28)3)7-6-8-36-34/h5-8,21-22,39-40H,1,4,9-20,23-24H2,2-3H3. The molecule has 0 bridgehead atoms. The van der Waals surface area contributed by atoms with Crippen LogP contribution in [0.4, 0.5) is 5.69 Å². The highest BCUT2D eigenvalue weighted by Crippen LogP contribution is 2.36. The van der Waals surface area contributed by atoms with Gasteiger partial charge in [0.2, 0.25) is 0 Å². The van der Waals surface area contributed by atoms with Crippen LogP contribution in [0.2, 0.25) is 0 Å². The first kappa shape index (κ1) is 33.5. The number of fused-ring (bicyclic) bond motifs is 1. The molecule has 44 heavy (non-hydrogen) atoms. The predicted octanol–water partition coefficient (Wildman–Crippen LogP) is 4.62. The van der Waals surface area contributed by atoms with Gasteiger partial charge in [-0.3, -0.25) is 19.8 Å². The maximum Gasteiger partial charge on any atom is 0.142 e. The van der Waals surface area contributed by atoms with E-state index in [-0.39, 0.29) is 11.5 Å². The number of phenolic OH excluding ortho intramolecular Hbond substituents is 2. The van der Waals surface area contributed by atoms with E-state index < -0.39 is 0 Å². The molecule has 2 N–H and O–H groups in total. The van der Waals surface area contributed by atoms with E-state index in [9.17, 15) is 10.2 Å². The van der Waals surface area contributed by atoms with Crippen molar-refractivity contribution in [3.63, 3.8) is 0 Å². The number of aliphatic imine (C=N–C) groups is 1. The van der Waals surface area contributed by atoms with Crippen molar-refractivity contribution in [3.05, 3.63) is 64.9 Å². The van der Waals surface area contributed by atoms with Gasteiger partial charge in [0, 0.05) is 56.4 Å². The molecule has 10 nitrogen and oxygen atoms in total. The minimum atomic E-state index is 0.0973. The number of ether oxygens (including phenoxy) is 4. The highest BCUT2D eigenvalue weighted by atomic mass is 16.5. The molecule has 238 valence electrons. The Hall–Kier alpha value is -3.38. The van der Waals surface area contributed by atoms with Crippen LogP contribution >= 0.6 is 0 Å². The third kappa shape index (κ3) is 9.07. The summed E-state index contributed by atoms with van der Waals surface area (Å²) in [5, 5.41) is 22.1. The quantitative estimate of drug-likeness (QED) is 0.389. The Morgan fingerprint density at radius 3 is 1.80 bits per heavy atom. The molecule has 2 aromatic carbocycles. The van der Waals surface area contributed by atoms with Crippen molar-refractivity contribution in [2.45, 2.75) is 26.9 Å². The number of aryl methyl sites for hydroxylation is 1. The lowest BCUT2D eigenvalue weighted by Crippen LogP contribution is -2.33. The van der Waals surface area contributed by atoms with Gasteiger partial charge in [0.25, 0.3) is 0 Å². The van der Waals surface area contributed by atoms with Gasteiger partial charge in [-0.1, -0.05) is 18.7 Å². The van der Waals surface area contributed by atoms with Crippen molar-refractivity contribution in [2.24, 2.45) is 4.99 Å². The molecule has 0 unspecified atom stereocenters. The molecule has 3 aromatic rings. The molecule has 4 rings (SSSR count). The number of aromatic hydroxyl groups is 2. The van der Waals surface area contributed by atoms with Crippen LogP contribution in [0.3, 0.4) is 0 Å². The van der Waals surface area contributed by atoms with Gasteiger partial charge in [0.15, 0.2) is 0 Å². The van der Waals surface area contributed by atoms with Gasteiger partial charge in [-0.05, 0) is 61.0 Å². The largest absolute Gasteiger partial charge is 0.506 e. The Balaban J connectivity index is 1.33. The zero-order valence-electron chi connectivity index (χ0n) is 26.1. The number of benzene rings is 2. The summed E-state index contributed by atoms with van der Waals surface area (Å²) in [6.45, 7) is 19.9. The van der Waals surface area contributed by atoms with E-state index in [1.807, 2.05) is 25.1 Å². The second kappa shape index (κ2) is 17.2. The van der Waals surface area contributed by atoms with Crippen LogP contribution in [0.15, 0.2) is 42.0 Å². The average Bonchev–Trinajstić information content (AvgIpc) is 3.02. The fourth-order valence-electron chi connectivity index (χ4n) is 5.44. The fourth-order valence-corrected chi connectivity index (χ4v) is 5.44. The molecule has 1 aromatic heterocycles. The summed E-state index contributed by atoms with van der Waals surface area (Å²) in [5.74, 6) is 0.292. The van der Waals surface area contributed by atoms with Gasteiger partial charge in [0.05, 0.1) is 52.9 Å². The minimum absolute atomic E-state index is 0.0973. The predicted molar refractivity (Wildman–Crippen MR) is 174 cm³/mol. The zero-order chi connectivity index (χ0) is 31.3. The molecular formula is C34H46N4O6. The second-order valence-corrected chi connectivity index (χ2v) is 10.9. The summed E-state index contributed by atoms with van der Waals surface area (Å²) in [4.78, 5) is 12.8. The molecule has 0 saturated carbocycles. The van der Waals surface area contributed by atoms with Crippen LogP contribution < -0.4 is 0 Å². The fraction of sp³-hybridized carbons (Fsp3) is 0.471. The first-order chi connectivity index (χ1) is 21.4. The number of rotatable bonds is 6. The van der Waals surface area contributed by atoms with Gasteiger partial charge < -0.3 is 29.2 Å². The van der Waals surface area contributed by atoms with Crippen LogP contribution in [0.1, 0.15) is 27.8 Å². The van der Waals surface area contributed by atoms with Crippen molar-refractivity contribution in [2.75, 3.05) is 79.0 Å². The van der Waals surface area contributed by atoms with Crippen LogP contribution in [-0.4, -0.2) is 111 Å². The molecule has 1 aliphatic heterocycles. The first-order valence-electron chi connectivity index (χ1n) is 15.2. The lowest BCUT2D eigenvalue weighted by Gasteiger charge is -2.25. The Morgan fingerprint density at radius 1 is 0.795 bits per heavy atom. The highest BCUT2D eigenvalue weighted by Gasteiger charge is 2.16.